The van der Waals surface area contributed by atoms with E-state index in [9.17, 15) is 4.79 Å². The summed E-state index contributed by atoms with van der Waals surface area (Å²) in [5, 5.41) is 0.636. The average Bonchev–Trinajstić information content (AvgIpc) is 3.26. The van der Waals surface area contributed by atoms with E-state index in [1.54, 1.807) is 29.4 Å². The van der Waals surface area contributed by atoms with E-state index in [1.807, 2.05) is 12.1 Å². The predicted octanol–water partition coefficient (Wildman–Crippen LogP) is 5.51. The summed E-state index contributed by atoms with van der Waals surface area (Å²) in [4.78, 5) is 23.6. The maximum Gasteiger partial charge on any atom is 0.296 e. The number of hydrogen-bond acceptors (Lipinski definition) is 5. The van der Waals surface area contributed by atoms with Crippen LogP contribution < -0.4 is 4.90 Å². The van der Waals surface area contributed by atoms with Crippen LogP contribution in [0.15, 0.2) is 57.9 Å². The molecule has 0 aliphatic carbocycles. The molecule has 0 bridgehead atoms. The molecule has 0 aliphatic rings. The Morgan fingerprint density at radius 2 is 2.04 bits per heavy atom. The van der Waals surface area contributed by atoms with Crippen molar-refractivity contribution in [3.05, 3.63) is 75.9 Å². The number of halogens is 1. The van der Waals surface area contributed by atoms with Crippen molar-refractivity contribution in [2.75, 3.05) is 4.90 Å². The molecule has 0 unspecified atom stereocenters. The Hall–Kier alpha value is -2.51. The number of anilines is 1. The van der Waals surface area contributed by atoms with Crippen LogP contribution in [0.2, 0.25) is 0 Å². The molecule has 1 amide bonds. The lowest BCUT2D eigenvalue weighted by molar-refractivity contribution is 0.0957. The van der Waals surface area contributed by atoms with Crippen molar-refractivity contribution in [3.63, 3.8) is 0 Å². The number of benzene rings is 1. The summed E-state index contributed by atoms with van der Waals surface area (Å²) in [6.45, 7) is 4.50. The lowest BCUT2D eigenvalue weighted by atomic mass is 10.1. The fourth-order valence-electron chi connectivity index (χ4n) is 2.75. The Balaban J connectivity index is 1.78. The van der Waals surface area contributed by atoms with Gasteiger partial charge in [-0.25, -0.2) is 4.98 Å². The molecule has 4 aromatic rings. The largest absolute Gasteiger partial charge is 0.444 e. The number of furan rings is 1. The highest BCUT2D eigenvalue weighted by atomic mass is 79.9. The third-order valence-electron chi connectivity index (χ3n) is 4.32. The third-order valence-corrected chi connectivity index (χ3v) is 5.78. The first-order valence-electron chi connectivity index (χ1n) is 8.35. The number of pyridine rings is 1. The van der Waals surface area contributed by atoms with Gasteiger partial charge in [0.25, 0.3) is 5.91 Å². The normalized spacial score (nSPS) is 11.1. The highest BCUT2D eigenvalue weighted by Gasteiger charge is 2.24. The Kier molecular flexibility index (Phi) is 4.80. The minimum atomic E-state index is -0.239. The molecule has 136 valence electrons. The second kappa shape index (κ2) is 7.25. The molecule has 0 fully saturated rings. The highest BCUT2D eigenvalue weighted by Crippen LogP contribution is 2.32. The van der Waals surface area contributed by atoms with Crippen molar-refractivity contribution in [3.8, 4) is 0 Å². The van der Waals surface area contributed by atoms with Crippen LogP contribution >= 0.6 is 27.3 Å². The highest BCUT2D eigenvalue weighted by molar-refractivity contribution is 9.10. The van der Waals surface area contributed by atoms with Gasteiger partial charge < -0.3 is 4.42 Å². The van der Waals surface area contributed by atoms with E-state index in [1.165, 1.54) is 22.5 Å². The summed E-state index contributed by atoms with van der Waals surface area (Å²) in [5.74, 6) is 0.0226. The van der Waals surface area contributed by atoms with Gasteiger partial charge >= 0.3 is 0 Å². The first kappa shape index (κ1) is 17.9. The molecule has 27 heavy (non-hydrogen) atoms. The van der Waals surface area contributed by atoms with Crippen LogP contribution in [0.1, 0.15) is 27.2 Å². The molecule has 1 aromatic carbocycles. The SMILES string of the molecule is Cc1cc2nc(N(Cc3cccnc3)C(=O)c3ccc(Br)o3)sc2cc1C. The molecule has 5 nitrogen and oxygen atoms in total. The molecule has 0 atom stereocenters. The molecule has 4 rings (SSSR count). The van der Waals surface area contributed by atoms with E-state index >= 15 is 0 Å². The Bertz CT molecular complexity index is 1080. The molecular weight excluding hydrogens is 426 g/mol. The fraction of sp³-hybridized carbons (Fsp3) is 0.150. The summed E-state index contributed by atoms with van der Waals surface area (Å²) in [7, 11) is 0. The summed E-state index contributed by atoms with van der Waals surface area (Å²) >= 11 is 4.75. The van der Waals surface area contributed by atoms with E-state index in [0.717, 1.165) is 15.8 Å². The van der Waals surface area contributed by atoms with Gasteiger partial charge in [0.1, 0.15) is 0 Å². The van der Waals surface area contributed by atoms with Gasteiger partial charge in [-0.2, -0.15) is 0 Å². The van der Waals surface area contributed by atoms with Crippen LogP contribution in [-0.4, -0.2) is 15.9 Å². The number of carbonyl (C=O) groups excluding carboxylic acids is 1. The average molecular weight is 442 g/mol. The standard InChI is InChI=1S/C20H16BrN3O2S/c1-12-8-15-17(9-13(12)2)27-20(23-15)24(11-14-4-3-7-22-10-14)19(25)16-5-6-18(21)26-16/h3-10H,11H2,1-2H3. The number of hydrogen-bond donors (Lipinski definition) is 0. The molecule has 0 saturated carbocycles. The molecule has 3 aromatic heterocycles. The maximum atomic E-state index is 13.1. The quantitative estimate of drug-likeness (QED) is 0.418. The smallest absolute Gasteiger partial charge is 0.296 e. The lowest BCUT2D eigenvalue weighted by Gasteiger charge is -2.18. The number of carbonyl (C=O) groups is 1. The second-order valence-corrected chi connectivity index (χ2v) is 8.05. The number of aryl methyl sites for hydroxylation is 2. The van der Waals surface area contributed by atoms with E-state index in [4.69, 9.17) is 9.40 Å². The fourth-order valence-corrected chi connectivity index (χ4v) is 4.10. The molecule has 3 heterocycles. The molecular formula is C20H16BrN3O2S. The zero-order chi connectivity index (χ0) is 19.0. The number of aromatic nitrogens is 2. The van der Waals surface area contributed by atoms with E-state index < -0.39 is 0 Å². The topological polar surface area (TPSA) is 59.2 Å². The van der Waals surface area contributed by atoms with Gasteiger partial charge in [-0.05, 0) is 76.8 Å². The monoisotopic (exact) mass is 441 g/mol. The first-order valence-corrected chi connectivity index (χ1v) is 9.96. The third kappa shape index (κ3) is 3.65. The van der Waals surface area contributed by atoms with Crippen LogP contribution in [0.3, 0.4) is 0 Å². The van der Waals surface area contributed by atoms with Crippen LogP contribution in [0, 0.1) is 13.8 Å². The van der Waals surface area contributed by atoms with Crippen LogP contribution in [0.25, 0.3) is 10.2 Å². The van der Waals surface area contributed by atoms with Crippen molar-refractivity contribution in [2.45, 2.75) is 20.4 Å². The molecule has 0 radical (unpaired) electrons. The summed E-state index contributed by atoms with van der Waals surface area (Å²) in [5.41, 5.74) is 4.20. The molecule has 7 heteroatoms. The molecule has 0 spiro atoms. The molecule has 0 saturated heterocycles. The number of nitrogens with zero attached hydrogens (tertiary/aromatic N) is 3. The van der Waals surface area contributed by atoms with Gasteiger partial charge in [-0.3, -0.25) is 14.7 Å². The lowest BCUT2D eigenvalue weighted by Crippen LogP contribution is -2.30. The summed E-state index contributed by atoms with van der Waals surface area (Å²) in [6, 6.07) is 11.3. The van der Waals surface area contributed by atoms with Crippen molar-refractivity contribution < 1.29 is 9.21 Å². The van der Waals surface area contributed by atoms with Gasteiger partial charge in [0, 0.05) is 12.4 Å². The number of thiazole rings is 1. The van der Waals surface area contributed by atoms with Gasteiger partial charge in [-0.1, -0.05) is 17.4 Å². The Labute approximate surface area is 168 Å². The van der Waals surface area contributed by atoms with Crippen molar-refractivity contribution >= 4 is 48.5 Å². The number of amides is 1. The van der Waals surface area contributed by atoms with Crippen molar-refractivity contribution in [1.29, 1.82) is 0 Å². The zero-order valence-electron chi connectivity index (χ0n) is 14.8. The van der Waals surface area contributed by atoms with Gasteiger partial charge in [0.05, 0.1) is 16.8 Å². The minimum Gasteiger partial charge on any atom is -0.444 e. The minimum absolute atomic E-state index is 0.239. The van der Waals surface area contributed by atoms with Crippen LogP contribution in [0.5, 0.6) is 0 Å². The number of rotatable bonds is 4. The maximum absolute atomic E-state index is 13.1. The van der Waals surface area contributed by atoms with Crippen molar-refractivity contribution in [2.24, 2.45) is 0 Å². The number of fused-ring (bicyclic) bond motifs is 1. The first-order chi connectivity index (χ1) is 13.0. The van der Waals surface area contributed by atoms with E-state index in [2.05, 4.69) is 46.9 Å². The van der Waals surface area contributed by atoms with Gasteiger partial charge in [-0.15, -0.1) is 0 Å². The molecule has 0 aliphatic heterocycles. The van der Waals surface area contributed by atoms with E-state index in [-0.39, 0.29) is 11.7 Å². The Morgan fingerprint density at radius 3 is 2.74 bits per heavy atom. The van der Waals surface area contributed by atoms with Crippen molar-refractivity contribution in [1.82, 2.24) is 9.97 Å². The second-order valence-electron chi connectivity index (χ2n) is 6.26. The van der Waals surface area contributed by atoms with Gasteiger partial charge in [0.2, 0.25) is 0 Å². The summed E-state index contributed by atoms with van der Waals surface area (Å²) < 4.78 is 7.05. The zero-order valence-corrected chi connectivity index (χ0v) is 17.2. The predicted molar refractivity (Wildman–Crippen MR) is 110 cm³/mol. The van der Waals surface area contributed by atoms with Gasteiger partial charge in [0.15, 0.2) is 15.6 Å². The van der Waals surface area contributed by atoms with Crippen LogP contribution in [-0.2, 0) is 6.54 Å². The molecule has 0 N–H and O–H groups in total. The Morgan fingerprint density at radius 1 is 1.22 bits per heavy atom. The van der Waals surface area contributed by atoms with E-state index in [0.29, 0.717) is 16.3 Å². The van der Waals surface area contributed by atoms with Crippen LogP contribution in [0.4, 0.5) is 5.13 Å². The summed E-state index contributed by atoms with van der Waals surface area (Å²) in [6.07, 6.45) is 3.46.